The summed E-state index contributed by atoms with van der Waals surface area (Å²) < 4.78 is 13.0. The number of methoxy groups -OCH3 is 2. The fourth-order valence-electron chi connectivity index (χ4n) is 5.04. The number of benzene rings is 3. The number of fused-ring (bicyclic) bond motifs is 3. The van der Waals surface area contributed by atoms with Crippen molar-refractivity contribution in [2.45, 2.75) is 19.1 Å². The predicted octanol–water partition coefficient (Wildman–Crippen LogP) is 6.33. The number of aromatic nitrogens is 2. The van der Waals surface area contributed by atoms with E-state index in [1.165, 1.54) is 16.7 Å². The summed E-state index contributed by atoms with van der Waals surface area (Å²) in [6, 6.07) is 28.9. The quantitative estimate of drug-likeness (QED) is 0.282. The van der Waals surface area contributed by atoms with E-state index in [0.717, 1.165) is 50.2 Å². The van der Waals surface area contributed by atoms with Gasteiger partial charge in [0.2, 0.25) is 0 Å². The molecule has 0 bridgehead atoms. The van der Waals surface area contributed by atoms with Gasteiger partial charge in [-0.3, -0.25) is 4.68 Å². The standard InChI is InChI=1S/C30H26N2O3S/c1-34-22-11-7-19(8-12-22)29(20-9-13-23(35-2)14-10-20)32-30-25-6-4-3-5-21(25)17-26(30)28(31-32)27-16-15-24(18-33)36-27/h3-16,29,33H,17-18H2,1-2H3. The molecular formula is C30H26N2O3S. The molecule has 3 aromatic carbocycles. The van der Waals surface area contributed by atoms with Gasteiger partial charge in [-0.15, -0.1) is 11.3 Å². The molecule has 6 rings (SSSR count). The lowest BCUT2D eigenvalue weighted by Gasteiger charge is -2.22. The van der Waals surface area contributed by atoms with Crippen molar-refractivity contribution >= 4 is 11.3 Å². The molecule has 0 fully saturated rings. The van der Waals surface area contributed by atoms with E-state index in [2.05, 4.69) is 59.3 Å². The molecule has 0 radical (unpaired) electrons. The number of aliphatic hydroxyl groups excluding tert-OH is 1. The number of hydrogen-bond acceptors (Lipinski definition) is 5. The van der Waals surface area contributed by atoms with Crippen molar-refractivity contribution in [3.8, 4) is 33.3 Å². The second-order valence-electron chi connectivity index (χ2n) is 8.83. The van der Waals surface area contributed by atoms with E-state index in [1.54, 1.807) is 25.6 Å². The summed E-state index contributed by atoms with van der Waals surface area (Å²) in [7, 11) is 3.36. The van der Waals surface area contributed by atoms with E-state index in [0.29, 0.717) is 0 Å². The van der Waals surface area contributed by atoms with Crippen LogP contribution in [0.4, 0.5) is 0 Å². The molecule has 1 N–H and O–H groups in total. The first-order valence-electron chi connectivity index (χ1n) is 11.9. The van der Waals surface area contributed by atoms with E-state index < -0.39 is 0 Å². The van der Waals surface area contributed by atoms with Gasteiger partial charge in [0, 0.05) is 22.4 Å². The highest BCUT2D eigenvalue weighted by Gasteiger charge is 2.32. The zero-order chi connectivity index (χ0) is 24.6. The highest BCUT2D eigenvalue weighted by atomic mass is 32.1. The van der Waals surface area contributed by atoms with E-state index in [9.17, 15) is 5.11 Å². The highest BCUT2D eigenvalue weighted by Crippen LogP contribution is 2.46. The van der Waals surface area contributed by atoms with Crippen LogP contribution in [0.15, 0.2) is 84.9 Å². The number of aliphatic hydroxyl groups is 1. The molecule has 0 amide bonds. The van der Waals surface area contributed by atoms with Crippen LogP contribution < -0.4 is 9.47 Å². The molecular weight excluding hydrogens is 468 g/mol. The second-order valence-corrected chi connectivity index (χ2v) is 10.00. The van der Waals surface area contributed by atoms with Crippen LogP contribution in [-0.2, 0) is 13.0 Å². The van der Waals surface area contributed by atoms with Gasteiger partial charge >= 0.3 is 0 Å². The molecule has 0 saturated carbocycles. The Morgan fingerprint density at radius 1 is 0.861 bits per heavy atom. The fourth-order valence-corrected chi connectivity index (χ4v) is 5.92. The molecule has 36 heavy (non-hydrogen) atoms. The molecule has 0 atom stereocenters. The van der Waals surface area contributed by atoms with Crippen LogP contribution in [0.1, 0.15) is 33.2 Å². The molecule has 2 aromatic heterocycles. The van der Waals surface area contributed by atoms with Crippen molar-refractivity contribution < 1.29 is 14.6 Å². The third-order valence-corrected chi connectivity index (χ3v) is 7.88. The lowest BCUT2D eigenvalue weighted by molar-refractivity contribution is 0.285. The third-order valence-electron chi connectivity index (χ3n) is 6.81. The molecule has 1 aliphatic rings. The Morgan fingerprint density at radius 2 is 1.50 bits per heavy atom. The highest BCUT2D eigenvalue weighted by molar-refractivity contribution is 7.15. The summed E-state index contributed by atoms with van der Waals surface area (Å²) in [6.45, 7) is 0.0358. The average molecular weight is 495 g/mol. The number of hydrogen-bond donors (Lipinski definition) is 1. The average Bonchev–Trinajstić information content (AvgIpc) is 3.64. The van der Waals surface area contributed by atoms with Crippen molar-refractivity contribution in [3.63, 3.8) is 0 Å². The lowest BCUT2D eigenvalue weighted by atomic mass is 9.97. The van der Waals surface area contributed by atoms with Crippen LogP contribution in [0.5, 0.6) is 11.5 Å². The zero-order valence-electron chi connectivity index (χ0n) is 20.1. The molecule has 5 aromatic rings. The van der Waals surface area contributed by atoms with Crippen molar-refractivity contribution in [2.75, 3.05) is 14.2 Å². The Labute approximate surface area is 214 Å². The predicted molar refractivity (Wildman–Crippen MR) is 143 cm³/mol. The summed E-state index contributed by atoms with van der Waals surface area (Å²) in [5.74, 6) is 1.64. The zero-order valence-corrected chi connectivity index (χ0v) is 21.0. The Bertz CT molecular complexity index is 1470. The van der Waals surface area contributed by atoms with Gasteiger partial charge in [0.25, 0.3) is 0 Å². The van der Waals surface area contributed by atoms with Crippen LogP contribution in [0, 0.1) is 0 Å². The topological polar surface area (TPSA) is 56.5 Å². The number of thiophene rings is 1. The normalized spacial score (nSPS) is 12.0. The molecule has 0 unspecified atom stereocenters. The summed E-state index contributed by atoms with van der Waals surface area (Å²) in [4.78, 5) is 2.01. The number of nitrogens with zero attached hydrogens (tertiary/aromatic N) is 2. The van der Waals surface area contributed by atoms with Crippen molar-refractivity contribution in [3.05, 3.63) is 112 Å². The Balaban J connectivity index is 1.59. The first-order chi connectivity index (χ1) is 17.7. The van der Waals surface area contributed by atoms with Gasteiger partial charge < -0.3 is 14.6 Å². The molecule has 0 spiro atoms. The maximum Gasteiger partial charge on any atom is 0.118 e. The van der Waals surface area contributed by atoms with E-state index >= 15 is 0 Å². The molecule has 0 aliphatic heterocycles. The minimum Gasteiger partial charge on any atom is -0.497 e. The van der Waals surface area contributed by atoms with Gasteiger partial charge in [-0.1, -0.05) is 48.5 Å². The number of rotatable bonds is 7. The van der Waals surface area contributed by atoms with Crippen LogP contribution in [0.3, 0.4) is 0 Å². The lowest BCUT2D eigenvalue weighted by Crippen LogP contribution is -2.15. The minimum absolute atomic E-state index is 0.0358. The molecule has 6 heteroatoms. The van der Waals surface area contributed by atoms with Crippen LogP contribution in [0.25, 0.3) is 21.8 Å². The van der Waals surface area contributed by atoms with E-state index in [-0.39, 0.29) is 12.6 Å². The van der Waals surface area contributed by atoms with Crippen LogP contribution >= 0.6 is 11.3 Å². The maximum atomic E-state index is 9.67. The first kappa shape index (κ1) is 22.6. The van der Waals surface area contributed by atoms with Crippen molar-refractivity contribution in [2.24, 2.45) is 0 Å². The fraction of sp³-hybridized carbons (Fsp3) is 0.167. The van der Waals surface area contributed by atoms with Gasteiger partial charge in [0.15, 0.2) is 0 Å². The van der Waals surface area contributed by atoms with Crippen LogP contribution in [0.2, 0.25) is 0 Å². The summed E-state index contributed by atoms with van der Waals surface area (Å²) >= 11 is 1.60. The van der Waals surface area contributed by atoms with Gasteiger partial charge in [0.05, 0.1) is 31.4 Å². The van der Waals surface area contributed by atoms with E-state index in [1.807, 2.05) is 30.3 Å². The Kier molecular flexibility index (Phi) is 5.83. The Hall–Kier alpha value is -3.87. The molecule has 2 heterocycles. The van der Waals surface area contributed by atoms with Crippen LogP contribution in [-0.4, -0.2) is 29.1 Å². The summed E-state index contributed by atoms with van der Waals surface area (Å²) in [6.07, 6.45) is 0.838. The van der Waals surface area contributed by atoms with Gasteiger partial charge in [-0.05, 0) is 53.1 Å². The first-order valence-corrected chi connectivity index (χ1v) is 12.7. The smallest absolute Gasteiger partial charge is 0.118 e. The SMILES string of the molecule is COc1ccc(C(c2ccc(OC)cc2)n2nc(-c3ccc(CO)s3)c3c2-c2ccccc2C3)cc1. The van der Waals surface area contributed by atoms with Crippen molar-refractivity contribution in [1.82, 2.24) is 9.78 Å². The van der Waals surface area contributed by atoms with Crippen molar-refractivity contribution in [1.29, 1.82) is 0 Å². The van der Waals surface area contributed by atoms with E-state index in [4.69, 9.17) is 14.6 Å². The Morgan fingerprint density at radius 3 is 2.08 bits per heavy atom. The molecule has 5 nitrogen and oxygen atoms in total. The third kappa shape index (κ3) is 3.79. The number of ether oxygens (including phenoxy) is 2. The molecule has 180 valence electrons. The van der Waals surface area contributed by atoms with Gasteiger partial charge in [0.1, 0.15) is 23.2 Å². The molecule has 0 saturated heterocycles. The van der Waals surface area contributed by atoms with Gasteiger partial charge in [-0.2, -0.15) is 5.10 Å². The van der Waals surface area contributed by atoms with Gasteiger partial charge in [-0.25, -0.2) is 0 Å². The minimum atomic E-state index is -0.146. The molecule has 1 aliphatic carbocycles. The monoisotopic (exact) mass is 494 g/mol. The summed E-state index contributed by atoms with van der Waals surface area (Å²) in [5.41, 5.74) is 8.12. The maximum absolute atomic E-state index is 9.67. The summed E-state index contributed by atoms with van der Waals surface area (Å²) in [5, 5.41) is 14.9. The second kappa shape index (κ2) is 9.30. The largest absolute Gasteiger partial charge is 0.497 e.